The lowest BCUT2D eigenvalue weighted by molar-refractivity contribution is -0.115. The summed E-state index contributed by atoms with van der Waals surface area (Å²) in [6.45, 7) is 1.05. The molecule has 0 heterocycles. The van der Waals surface area contributed by atoms with E-state index >= 15 is 0 Å². The number of carbonyl (C=O) groups excluding carboxylic acids is 1. The van der Waals surface area contributed by atoms with Crippen LogP contribution in [0, 0.1) is 18.6 Å². The summed E-state index contributed by atoms with van der Waals surface area (Å²) < 4.78 is 52.1. The van der Waals surface area contributed by atoms with E-state index in [4.69, 9.17) is 0 Å². The summed E-state index contributed by atoms with van der Waals surface area (Å²) in [6, 6.07) is 8.32. The van der Waals surface area contributed by atoms with Gasteiger partial charge in [-0.25, -0.2) is 21.9 Å². The van der Waals surface area contributed by atoms with Crippen molar-refractivity contribution in [3.63, 3.8) is 0 Å². The van der Waals surface area contributed by atoms with E-state index < -0.39 is 34.1 Å². The highest BCUT2D eigenvalue weighted by molar-refractivity contribution is 7.89. The topological polar surface area (TPSA) is 75.3 Å². The van der Waals surface area contributed by atoms with Gasteiger partial charge in [0.25, 0.3) is 0 Å². The molecule has 122 valence electrons. The Morgan fingerprint density at radius 1 is 1.09 bits per heavy atom. The minimum atomic E-state index is -3.93. The molecule has 0 aliphatic rings. The molecule has 0 atom stereocenters. The van der Waals surface area contributed by atoms with E-state index in [-0.39, 0.29) is 10.6 Å². The maximum Gasteiger partial charge on any atom is 0.241 e. The molecule has 1 amide bonds. The van der Waals surface area contributed by atoms with Gasteiger partial charge in [0.15, 0.2) is 0 Å². The highest BCUT2D eigenvalue weighted by Gasteiger charge is 2.15. The number of amides is 1. The smallest absolute Gasteiger partial charge is 0.241 e. The molecular weight excluding hydrogens is 326 g/mol. The molecule has 0 unspecified atom stereocenters. The number of sulfonamides is 1. The van der Waals surface area contributed by atoms with Crippen LogP contribution in [-0.4, -0.2) is 20.9 Å². The Morgan fingerprint density at radius 2 is 1.74 bits per heavy atom. The second kappa shape index (κ2) is 6.84. The van der Waals surface area contributed by atoms with Crippen molar-refractivity contribution in [2.24, 2.45) is 0 Å². The van der Waals surface area contributed by atoms with Crippen molar-refractivity contribution in [2.75, 3.05) is 11.9 Å². The summed E-state index contributed by atoms with van der Waals surface area (Å²) in [4.78, 5) is 11.6. The molecule has 0 aliphatic heterocycles. The summed E-state index contributed by atoms with van der Waals surface area (Å²) in [7, 11) is -3.93. The summed E-state index contributed by atoms with van der Waals surface area (Å²) in [5.74, 6) is -1.70. The molecule has 2 aromatic rings. The first-order valence-electron chi connectivity index (χ1n) is 6.59. The van der Waals surface area contributed by atoms with Crippen LogP contribution in [0.1, 0.15) is 5.56 Å². The minimum Gasteiger partial charge on any atom is -0.325 e. The van der Waals surface area contributed by atoms with E-state index in [0.717, 1.165) is 30.3 Å². The van der Waals surface area contributed by atoms with Crippen LogP contribution in [0.2, 0.25) is 0 Å². The lowest BCUT2D eigenvalue weighted by atomic mass is 10.2. The lowest BCUT2D eigenvalue weighted by Crippen LogP contribution is -2.32. The first-order valence-corrected chi connectivity index (χ1v) is 8.07. The van der Waals surface area contributed by atoms with Crippen LogP contribution in [0.15, 0.2) is 47.4 Å². The molecule has 2 aromatic carbocycles. The Labute approximate surface area is 132 Å². The highest BCUT2D eigenvalue weighted by atomic mass is 32.2. The monoisotopic (exact) mass is 340 g/mol. The summed E-state index contributed by atoms with van der Waals surface area (Å²) in [5, 5.41) is 2.38. The van der Waals surface area contributed by atoms with Gasteiger partial charge in [-0.15, -0.1) is 0 Å². The molecule has 0 spiro atoms. The molecule has 2 rings (SSSR count). The van der Waals surface area contributed by atoms with Gasteiger partial charge in [0, 0.05) is 5.69 Å². The zero-order chi connectivity index (χ0) is 17.0. The van der Waals surface area contributed by atoms with Crippen molar-refractivity contribution < 1.29 is 22.0 Å². The molecule has 8 heteroatoms. The first kappa shape index (κ1) is 17.0. The lowest BCUT2D eigenvalue weighted by Gasteiger charge is -2.08. The molecule has 0 radical (unpaired) electrons. The van der Waals surface area contributed by atoms with Crippen molar-refractivity contribution >= 4 is 21.6 Å². The minimum absolute atomic E-state index is 0.159. The van der Waals surface area contributed by atoms with Crippen LogP contribution in [-0.2, 0) is 14.8 Å². The van der Waals surface area contributed by atoms with Crippen LogP contribution >= 0.6 is 0 Å². The van der Waals surface area contributed by atoms with E-state index in [0.29, 0.717) is 5.56 Å². The van der Waals surface area contributed by atoms with Crippen molar-refractivity contribution in [2.45, 2.75) is 11.8 Å². The van der Waals surface area contributed by atoms with Crippen molar-refractivity contribution in [3.8, 4) is 0 Å². The number of aryl methyl sites for hydroxylation is 1. The van der Waals surface area contributed by atoms with Gasteiger partial charge >= 0.3 is 0 Å². The number of hydrogen-bond donors (Lipinski definition) is 2. The molecule has 5 nitrogen and oxygen atoms in total. The zero-order valence-electron chi connectivity index (χ0n) is 12.1. The van der Waals surface area contributed by atoms with Gasteiger partial charge in [0.2, 0.25) is 15.9 Å². The van der Waals surface area contributed by atoms with Crippen LogP contribution in [0.3, 0.4) is 0 Å². The predicted octanol–water partition coefficient (Wildman–Crippen LogP) is 2.19. The molecule has 0 saturated carbocycles. The summed E-state index contributed by atoms with van der Waals surface area (Å²) in [6.07, 6.45) is 0. The van der Waals surface area contributed by atoms with Gasteiger partial charge < -0.3 is 5.32 Å². The van der Waals surface area contributed by atoms with E-state index in [1.54, 1.807) is 6.92 Å². The van der Waals surface area contributed by atoms with Crippen molar-refractivity contribution in [1.82, 2.24) is 4.72 Å². The average molecular weight is 340 g/mol. The number of carbonyl (C=O) groups is 1. The summed E-state index contributed by atoms with van der Waals surface area (Å²) in [5.41, 5.74) is 0.652. The highest BCUT2D eigenvalue weighted by Crippen LogP contribution is 2.13. The normalized spacial score (nSPS) is 11.3. The van der Waals surface area contributed by atoms with Gasteiger partial charge in [-0.1, -0.05) is 6.07 Å². The van der Waals surface area contributed by atoms with Crippen LogP contribution in [0.4, 0.5) is 14.5 Å². The van der Waals surface area contributed by atoms with Gasteiger partial charge in [-0.2, -0.15) is 0 Å². The SMILES string of the molecule is Cc1ccc(NC(=O)CNS(=O)(=O)c2ccc(F)cc2)cc1F. The Morgan fingerprint density at radius 3 is 2.35 bits per heavy atom. The molecule has 23 heavy (non-hydrogen) atoms. The number of rotatable bonds is 5. The number of anilines is 1. The third-order valence-electron chi connectivity index (χ3n) is 3.00. The van der Waals surface area contributed by atoms with Crippen LogP contribution < -0.4 is 10.0 Å². The standard InChI is InChI=1S/C15H14F2N2O3S/c1-10-2-5-12(8-14(10)17)19-15(20)9-18-23(21,22)13-6-3-11(16)4-7-13/h2-8,18H,9H2,1H3,(H,19,20). The van der Waals surface area contributed by atoms with Crippen molar-refractivity contribution in [3.05, 3.63) is 59.7 Å². The predicted molar refractivity (Wildman–Crippen MR) is 81.4 cm³/mol. The largest absolute Gasteiger partial charge is 0.325 e. The van der Waals surface area contributed by atoms with Crippen LogP contribution in [0.25, 0.3) is 0 Å². The number of nitrogens with one attached hydrogen (secondary N) is 2. The second-order valence-corrected chi connectivity index (χ2v) is 6.56. The fraction of sp³-hybridized carbons (Fsp3) is 0.133. The third kappa shape index (κ3) is 4.57. The molecule has 0 aliphatic carbocycles. The third-order valence-corrected chi connectivity index (χ3v) is 4.42. The van der Waals surface area contributed by atoms with Gasteiger partial charge in [-0.05, 0) is 48.9 Å². The molecule has 2 N–H and O–H groups in total. The number of hydrogen-bond acceptors (Lipinski definition) is 3. The van der Waals surface area contributed by atoms with Crippen LogP contribution in [0.5, 0.6) is 0 Å². The van der Waals surface area contributed by atoms with Gasteiger partial charge in [-0.3, -0.25) is 4.79 Å². The maximum absolute atomic E-state index is 13.4. The molecule has 0 bridgehead atoms. The van der Waals surface area contributed by atoms with E-state index in [9.17, 15) is 22.0 Å². The fourth-order valence-corrected chi connectivity index (χ4v) is 2.72. The Bertz CT molecular complexity index is 821. The Balaban J connectivity index is 1.98. The molecule has 0 fully saturated rings. The molecule has 0 aromatic heterocycles. The Kier molecular flexibility index (Phi) is 5.07. The molecule has 0 saturated heterocycles. The maximum atomic E-state index is 13.4. The first-order chi connectivity index (χ1) is 10.8. The van der Waals surface area contributed by atoms with E-state index in [2.05, 4.69) is 10.0 Å². The van der Waals surface area contributed by atoms with Crippen molar-refractivity contribution in [1.29, 1.82) is 0 Å². The second-order valence-electron chi connectivity index (χ2n) is 4.79. The summed E-state index contributed by atoms with van der Waals surface area (Å²) >= 11 is 0. The van der Waals surface area contributed by atoms with E-state index in [1.165, 1.54) is 12.1 Å². The number of benzene rings is 2. The zero-order valence-corrected chi connectivity index (χ0v) is 13.0. The van der Waals surface area contributed by atoms with Gasteiger partial charge in [0.05, 0.1) is 11.4 Å². The van der Waals surface area contributed by atoms with E-state index in [1.807, 2.05) is 0 Å². The number of halogens is 2. The quantitative estimate of drug-likeness (QED) is 0.876. The average Bonchev–Trinajstić information content (AvgIpc) is 2.50. The molecular formula is C15H14F2N2O3S. The van der Waals surface area contributed by atoms with Gasteiger partial charge in [0.1, 0.15) is 11.6 Å². The Hall–Kier alpha value is -2.32. The fourth-order valence-electron chi connectivity index (χ4n) is 1.73.